The minimum atomic E-state index is -0.983. The molecule has 0 aromatic heterocycles. The molecule has 5 nitrogen and oxygen atoms in total. The maximum atomic E-state index is 13.0. The van der Waals surface area contributed by atoms with Gasteiger partial charge in [0.25, 0.3) is 0 Å². The predicted octanol–water partition coefficient (Wildman–Crippen LogP) is 4.08. The van der Waals surface area contributed by atoms with Gasteiger partial charge in [0.15, 0.2) is 0 Å². The number of amides is 1. The smallest absolute Gasteiger partial charge is 0.335 e. The third-order valence-electron chi connectivity index (χ3n) is 5.28. The van der Waals surface area contributed by atoms with E-state index in [2.05, 4.69) is 22.9 Å². The summed E-state index contributed by atoms with van der Waals surface area (Å²) >= 11 is 0. The van der Waals surface area contributed by atoms with E-state index in [-0.39, 0.29) is 11.5 Å². The largest absolute Gasteiger partial charge is 0.478 e. The number of anilines is 1. The summed E-state index contributed by atoms with van der Waals surface area (Å²) in [6, 6.07) is 12.7. The van der Waals surface area contributed by atoms with Crippen LogP contribution >= 0.6 is 0 Å². The molecule has 2 N–H and O–H groups in total. The van der Waals surface area contributed by atoms with Crippen LogP contribution in [0.25, 0.3) is 0 Å². The van der Waals surface area contributed by atoms with Crippen LogP contribution in [0.15, 0.2) is 55.2 Å². The van der Waals surface area contributed by atoms with Gasteiger partial charge >= 0.3 is 5.97 Å². The number of hydrogen-bond acceptors (Lipinski definition) is 3. The molecular weight excluding hydrogens is 352 g/mol. The second-order valence-electron chi connectivity index (χ2n) is 7.13. The number of carboxylic acid groups (broad SMARTS) is 1. The average Bonchev–Trinajstić information content (AvgIpc) is 2.70. The van der Waals surface area contributed by atoms with Gasteiger partial charge in [0.2, 0.25) is 5.91 Å². The van der Waals surface area contributed by atoms with Crippen LogP contribution in [-0.2, 0) is 4.79 Å². The van der Waals surface area contributed by atoms with Crippen molar-refractivity contribution in [2.45, 2.75) is 32.1 Å². The van der Waals surface area contributed by atoms with Crippen molar-refractivity contribution in [3.05, 3.63) is 77.5 Å². The highest BCUT2D eigenvalue weighted by molar-refractivity contribution is 5.91. The molecule has 1 heterocycles. The lowest BCUT2D eigenvalue weighted by Crippen LogP contribution is -2.33. The highest BCUT2D eigenvalue weighted by atomic mass is 16.4. The third-order valence-corrected chi connectivity index (χ3v) is 5.28. The molecule has 3 rings (SSSR count). The van der Waals surface area contributed by atoms with Crippen LogP contribution in [0.2, 0.25) is 0 Å². The van der Waals surface area contributed by atoms with E-state index in [1.807, 2.05) is 19.1 Å². The second kappa shape index (κ2) is 8.74. The number of aromatic carboxylic acids is 1. The maximum absolute atomic E-state index is 13.0. The number of rotatable bonds is 6. The number of nitrogens with one attached hydrogen (secondary N) is 1. The quantitative estimate of drug-likeness (QED) is 0.795. The van der Waals surface area contributed by atoms with Crippen molar-refractivity contribution < 1.29 is 14.7 Å². The first kappa shape index (κ1) is 19.7. The minimum absolute atomic E-state index is 0.175. The molecule has 1 atom stereocenters. The molecule has 1 aliphatic heterocycles. The number of carboxylic acids is 1. The lowest BCUT2D eigenvalue weighted by Gasteiger charge is -2.33. The van der Waals surface area contributed by atoms with Crippen molar-refractivity contribution in [2.75, 3.05) is 18.0 Å². The first-order valence-electron chi connectivity index (χ1n) is 9.62. The molecule has 1 amide bonds. The molecule has 2 aromatic rings. The molecular formula is C23H26N2O3. The number of benzene rings is 2. The van der Waals surface area contributed by atoms with Crippen molar-refractivity contribution in [1.82, 2.24) is 5.32 Å². The summed E-state index contributed by atoms with van der Waals surface area (Å²) in [5, 5.41) is 11.9. The van der Waals surface area contributed by atoms with Crippen LogP contribution in [-0.4, -0.2) is 30.1 Å². The number of carbonyl (C=O) groups is 2. The van der Waals surface area contributed by atoms with E-state index in [1.54, 1.807) is 24.3 Å². The van der Waals surface area contributed by atoms with E-state index in [4.69, 9.17) is 0 Å². The van der Waals surface area contributed by atoms with Crippen LogP contribution in [0.4, 0.5) is 5.69 Å². The Bertz CT molecular complexity index is 868. The molecule has 28 heavy (non-hydrogen) atoms. The van der Waals surface area contributed by atoms with Crippen molar-refractivity contribution in [3.8, 4) is 0 Å². The summed E-state index contributed by atoms with van der Waals surface area (Å²) in [5.41, 5.74) is 4.04. The summed E-state index contributed by atoms with van der Waals surface area (Å²) in [6.07, 6.45) is 4.91. The monoisotopic (exact) mass is 378 g/mol. The molecule has 0 aliphatic carbocycles. The predicted molar refractivity (Wildman–Crippen MR) is 111 cm³/mol. The van der Waals surface area contributed by atoms with Gasteiger partial charge in [-0.3, -0.25) is 4.79 Å². The Morgan fingerprint density at radius 3 is 2.39 bits per heavy atom. The standard InChI is InChI=1S/C23H26N2O3/c1-3-24-22(26)21(17-10-12-18(13-11-17)23(27)28)20-16(2)8-7-9-19(20)25-14-5-4-6-15-25/h3,7-13,21H,1,4-6,14-15H2,2H3,(H,24,26)(H,27,28). The van der Waals surface area contributed by atoms with E-state index in [0.717, 1.165) is 48.3 Å². The van der Waals surface area contributed by atoms with E-state index >= 15 is 0 Å². The van der Waals surface area contributed by atoms with Crippen LogP contribution < -0.4 is 10.2 Å². The zero-order chi connectivity index (χ0) is 20.1. The Morgan fingerprint density at radius 1 is 1.11 bits per heavy atom. The Kier molecular flexibility index (Phi) is 6.14. The summed E-state index contributed by atoms with van der Waals surface area (Å²) in [4.78, 5) is 26.6. The Hall–Kier alpha value is -3.08. The molecule has 0 radical (unpaired) electrons. The zero-order valence-corrected chi connectivity index (χ0v) is 16.1. The van der Waals surface area contributed by atoms with Gasteiger partial charge in [-0.1, -0.05) is 30.8 Å². The molecule has 2 aromatic carbocycles. The first-order chi connectivity index (χ1) is 13.5. The van der Waals surface area contributed by atoms with Gasteiger partial charge < -0.3 is 15.3 Å². The molecule has 1 saturated heterocycles. The fraction of sp³-hybridized carbons (Fsp3) is 0.304. The highest BCUT2D eigenvalue weighted by Crippen LogP contribution is 2.36. The SMILES string of the molecule is C=CNC(=O)C(c1ccc(C(=O)O)cc1)c1c(C)cccc1N1CCCCC1. The van der Waals surface area contributed by atoms with Gasteiger partial charge in [-0.05, 0) is 67.3 Å². The van der Waals surface area contributed by atoms with Gasteiger partial charge in [0.05, 0.1) is 11.5 Å². The number of hydrogen-bond donors (Lipinski definition) is 2. The van der Waals surface area contributed by atoms with Crippen molar-refractivity contribution >= 4 is 17.6 Å². The van der Waals surface area contributed by atoms with E-state index in [9.17, 15) is 14.7 Å². The second-order valence-corrected chi connectivity index (χ2v) is 7.13. The summed E-state index contributed by atoms with van der Waals surface area (Å²) < 4.78 is 0. The Morgan fingerprint density at radius 2 is 1.79 bits per heavy atom. The van der Waals surface area contributed by atoms with Crippen LogP contribution in [0.1, 0.15) is 52.2 Å². The number of nitrogens with zero attached hydrogens (tertiary/aromatic N) is 1. The molecule has 1 aliphatic rings. The molecule has 0 bridgehead atoms. The number of piperidine rings is 1. The zero-order valence-electron chi connectivity index (χ0n) is 16.1. The molecule has 146 valence electrons. The highest BCUT2D eigenvalue weighted by Gasteiger charge is 2.28. The first-order valence-corrected chi connectivity index (χ1v) is 9.62. The summed E-state index contributed by atoms with van der Waals surface area (Å²) in [7, 11) is 0. The van der Waals surface area contributed by atoms with Crippen molar-refractivity contribution in [3.63, 3.8) is 0 Å². The normalized spacial score (nSPS) is 15.0. The van der Waals surface area contributed by atoms with Crippen LogP contribution in [0.5, 0.6) is 0 Å². The summed E-state index contributed by atoms with van der Waals surface area (Å²) in [6.45, 7) is 7.59. The van der Waals surface area contributed by atoms with E-state index in [0.29, 0.717) is 0 Å². The summed E-state index contributed by atoms with van der Waals surface area (Å²) in [5.74, 6) is -1.70. The van der Waals surface area contributed by atoms with Gasteiger partial charge in [-0.2, -0.15) is 0 Å². The van der Waals surface area contributed by atoms with Crippen molar-refractivity contribution in [2.24, 2.45) is 0 Å². The van der Waals surface area contributed by atoms with Crippen molar-refractivity contribution in [1.29, 1.82) is 0 Å². The van der Waals surface area contributed by atoms with Crippen LogP contribution in [0.3, 0.4) is 0 Å². The van der Waals surface area contributed by atoms with Gasteiger partial charge in [-0.15, -0.1) is 0 Å². The lowest BCUT2D eigenvalue weighted by molar-refractivity contribution is -0.120. The van der Waals surface area contributed by atoms with Crippen LogP contribution in [0, 0.1) is 6.92 Å². The third kappa shape index (κ3) is 4.09. The topological polar surface area (TPSA) is 69.6 Å². The maximum Gasteiger partial charge on any atom is 0.335 e. The van der Waals surface area contributed by atoms with Gasteiger partial charge in [-0.25, -0.2) is 4.79 Å². The number of carbonyl (C=O) groups excluding carboxylic acids is 1. The van der Waals surface area contributed by atoms with E-state index in [1.165, 1.54) is 12.6 Å². The molecule has 1 unspecified atom stereocenters. The van der Waals surface area contributed by atoms with Gasteiger partial charge in [0.1, 0.15) is 0 Å². The molecule has 0 saturated carbocycles. The Balaban J connectivity index is 2.11. The van der Waals surface area contributed by atoms with Gasteiger partial charge in [0, 0.05) is 18.8 Å². The molecule has 5 heteroatoms. The fourth-order valence-electron chi connectivity index (χ4n) is 3.90. The Labute approximate surface area is 165 Å². The fourth-order valence-corrected chi connectivity index (χ4v) is 3.90. The minimum Gasteiger partial charge on any atom is -0.478 e. The molecule has 0 spiro atoms. The average molecular weight is 378 g/mol. The molecule has 1 fully saturated rings. The lowest BCUT2D eigenvalue weighted by atomic mass is 9.85. The number of aryl methyl sites for hydroxylation is 1. The van der Waals surface area contributed by atoms with E-state index < -0.39 is 11.9 Å².